The van der Waals surface area contributed by atoms with Crippen LogP contribution in [0, 0.1) is 0 Å². The van der Waals surface area contributed by atoms with Gasteiger partial charge in [0.1, 0.15) is 6.04 Å². The molecule has 0 saturated carbocycles. The number of Topliss-reactive ketones (excluding diaryl/α,β-unsaturated/α-hetero) is 1. The minimum atomic E-state index is -1.23. The lowest BCUT2D eigenvalue weighted by molar-refractivity contribution is -0.873. The van der Waals surface area contributed by atoms with Gasteiger partial charge in [-0.15, -0.1) is 0 Å². The zero-order valence-corrected chi connectivity index (χ0v) is 12.8. The van der Waals surface area contributed by atoms with Crippen LogP contribution < -0.4 is 5.11 Å². The highest BCUT2D eigenvalue weighted by Gasteiger charge is 2.48. The average molecular weight is 303 g/mol. The third-order valence-corrected chi connectivity index (χ3v) is 4.57. The van der Waals surface area contributed by atoms with Gasteiger partial charge in [-0.2, -0.15) is 0 Å². The van der Waals surface area contributed by atoms with Crippen LogP contribution in [0.3, 0.4) is 0 Å². The number of ketones is 1. The van der Waals surface area contributed by atoms with Crippen molar-refractivity contribution in [1.82, 2.24) is 0 Å². The molecular weight excluding hydrogens is 282 g/mol. The highest BCUT2D eigenvalue weighted by molar-refractivity contribution is 6.33. The summed E-state index contributed by atoms with van der Waals surface area (Å²) in [6, 6.07) is 8.12. The number of carboxylic acids is 1. The van der Waals surface area contributed by atoms with Gasteiger partial charge in [-0.3, -0.25) is 4.79 Å². The minimum absolute atomic E-state index is 0.0133. The summed E-state index contributed by atoms with van der Waals surface area (Å²) >= 11 is 0. The Balaban J connectivity index is 2.23. The normalized spacial score (nSPS) is 24.7. The Hall–Kier alpha value is -2.01. The monoisotopic (exact) mass is 303 g/mol. The van der Waals surface area contributed by atoms with Gasteiger partial charge >= 0.3 is 5.91 Å². The van der Waals surface area contributed by atoms with Crippen molar-refractivity contribution < 1.29 is 24.0 Å². The van der Waals surface area contributed by atoms with Crippen molar-refractivity contribution >= 4 is 17.7 Å². The third kappa shape index (κ3) is 3.09. The number of piperidine rings is 1. The summed E-state index contributed by atoms with van der Waals surface area (Å²) in [6.07, 6.45) is 1.90. The van der Waals surface area contributed by atoms with E-state index in [-0.39, 0.29) is 10.9 Å². The van der Waals surface area contributed by atoms with Crippen LogP contribution in [-0.4, -0.2) is 41.3 Å². The first kappa shape index (κ1) is 16.4. The highest BCUT2D eigenvalue weighted by Crippen LogP contribution is 2.27. The van der Waals surface area contributed by atoms with Crippen molar-refractivity contribution in [3.05, 3.63) is 35.9 Å². The summed E-state index contributed by atoms with van der Waals surface area (Å²) in [7, 11) is 0. The molecule has 5 heteroatoms. The lowest BCUT2D eigenvalue weighted by Gasteiger charge is -2.44. The number of likely N-dealkylation sites (tertiary alicyclic amines) is 1. The molecule has 2 atom stereocenters. The number of carbonyl (C=O) groups is 3. The largest absolute Gasteiger partial charge is 0.544 e. The molecule has 0 aliphatic carbocycles. The predicted molar refractivity (Wildman–Crippen MR) is 78.5 cm³/mol. The summed E-state index contributed by atoms with van der Waals surface area (Å²) in [5.41, 5.74) is 0.761. The number of carboxylic acid groups (broad SMARTS) is 1. The SMILES string of the molecule is CC[N+]1(C(=O)C(=O)Cc2ccccc2)CCCCC1C(=O)[O-]. The second-order valence-electron chi connectivity index (χ2n) is 5.80. The van der Waals surface area contributed by atoms with Gasteiger partial charge in [0.15, 0.2) is 0 Å². The van der Waals surface area contributed by atoms with Gasteiger partial charge in [0, 0.05) is 12.8 Å². The molecule has 1 aliphatic rings. The molecule has 1 aliphatic heterocycles. The van der Waals surface area contributed by atoms with Crippen molar-refractivity contribution in [2.24, 2.45) is 0 Å². The summed E-state index contributed by atoms with van der Waals surface area (Å²) in [4.78, 5) is 36.5. The topological polar surface area (TPSA) is 74.3 Å². The molecule has 1 fully saturated rings. The molecule has 0 N–H and O–H groups in total. The first-order valence-electron chi connectivity index (χ1n) is 7.70. The predicted octanol–water partition coefficient (Wildman–Crippen LogP) is 0.464. The number of aliphatic carboxylic acids is 1. The van der Waals surface area contributed by atoms with Gasteiger partial charge in [0.05, 0.1) is 19.1 Å². The van der Waals surface area contributed by atoms with E-state index in [1.807, 2.05) is 18.2 Å². The van der Waals surface area contributed by atoms with Crippen LogP contribution in [0.4, 0.5) is 0 Å². The Kier molecular flexibility index (Phi) is 5.08. The molecule has 1 heterocycles. The van der Waals surface area contributed by atoms with Gasteiger partial charge in [-0.1, -0.05) is 30.3 Å². The maximum Gasteiger partial charge on any atom is 0.382 e. The summed E-state index contributed by atoms with van der Waals surface area (Å²) in [6.45, 7) is 2.46. The van der Waals surface area contributed by atoms with Crippen molar-refractivity contribution in [2.45, 2.75) is 38.6 Å². The van der Waals surface area contributed by atoms with Crippen molar-refractivity contribution in [3.63, 3.8) is 0 Å². The number of nitrogens with zero attached hydrogens (tertiary/aromatic N) is 1. The lowest BCUT2D eigenvalue weighted by atomic mass is 9.96. The van der Waals surface area contributed by atoms with E-state index in [1.54, 1.807) is 19.1 Å². The summed E-state index contributed by atoms with van der Waals surface area (Å²) < 4.78 is -0.298. The Morgan fingerprint density at radius 2 is 1.86 bits per heavy atom. The van der Waals surface area contributed by atoms with E-state index in [9.17, 15) is 19.5 Å². The summed E-state index contributed by atoms with van der Waals surface area (Å²) in [5, 5.41) is 11.4. The Morgan fingerprint density at radius 1 is 1.18 bits per heavy atom. The van der Waals surface area contributed by atoms with E-state index in [1.165, 1.54) is 0 Å². The third-order valence-electron chi connectivity index (χ3n) is 4.57. The molecule has 1 saturated heterocycles. The Bertz CT molecular complexity index is 569. The molecule has 0 radical (unpaired) electrons. The van der Waals surface area contributed by atoms with E-state index in [2.05, 4.69) is 0 Å². The number of quaternary nitrogens is 1. The van der Waals surface area contributed by atoms with E-state index >= 15 is 0 Å². The van der Waals surface area contributed by atoms with Gasteiger partial charge < -0.3 is 9.90 Å². The Morgan fingerprint density at radius 3 is 2.45 bits per heavy atom. The standard InChI is InChI=1S/C17H21NO4/c1-2-18(11-7-6-10-14(18)17(21)22)16(20)15(19)12-13-8-4-3-5-9-13/h3-5,8-9,14H,2,6-7,10-12H2,1H3. The van der Waals surface area contributed by atoms with Crippen LogP contribution >= 0.6 is 0 Å². The quantitative estimate of drug-likeness (QED) is 0.585. The van der Waals surface area contributed by atoms with Gasteiger partial charge in [-0.05, 0) is 25.3 Å². The fraction of sp³-hybridized carbons (Fsp3) is 0.471. The smallest absolute Gasteiger partial charge is 0.382 e. The molecular formula is C17H21NO4. The molecule has 22 heavy (non-hydrogen) atoms. The van der Waals surface area contributed by atoms with Crippen LogP contribution in [0.15, 0.2) is 30.3 Å². The fourth-order valence-corrected chi connectivity index (χ4v) is 3.32. The highest BCUT2D eigenvalue weighted by atomic mass is 16.4. The molecule has 1 aromatic rings. The number of rotatable bonds is 5. The maximum atomic E-state index is 12.7. The minimum Gasteiger partial charge on any atom is -0.544 e. The van der Waals surface area contributed by atoms with Crippen molar-refractivity contribution in [2.75, 3.05) is 13.1 Å². The maximum absolute atomic E-state index is 12.7. The van der Waals surface area contributed by atoms with Crippen molar-refractivity contribution in [3.8, 4) is 0 Å². The molecule has 0 bridgehead atoms. The van der Waals surface area contributed by atoms with Crippen LogP contribution in [0.25, 0.3) is 0 Å². The van der Waals surface area contributed by atoms with Crippen molar-refractivity contribution in [1.29, 1.82) is 0 Å². The van der Waals surface area contributed by atoms with Gasteiger partial charge in [0.25, 0.3) is 5.78 Å². The van der Waals surface area contributed by atoms with Crippen LogP contribution in [0.5, 0.6) is 0 Å². The second kappa shape index (κ2) is 6.83. The molecule has 2 rings (SSSR count). The number of benzene rings is 1. The Labute approximate surface area is 130 Å². The lowest BCUT2D eigenvalue weighted by Crippen LogP contribution is -2.68. The first-order chi connectivity index (χ1) is 10.5. The molecule has 0 spiro atoms. The zero-order chi connectivity index (χ0) is 16.2. The first-order valence-corrected chi connectivity index (χ1v) is 7.70. The number of hydrogen-bond donors (Lipinski definition) is 0. The van der Waals surface area contributed by atoms with Crippen LogP contribution in [-0.2, 0) is 20.8 Å². The van der Waals surface area contributed by atoms with E-state index in [4.69, 9.17) is 0 Å². The van der Waals surface area contributed by atoms with Crippen LogP contribution in [0.2, 0.25) is 0 Å². The molecule has 0 aromatic heterocycles. The average Bonchev–Trinajstić information content (AvgIpc) is 2.54. The molecule has 118 valence electrons. The molecule has 5 nitrogen and oxygen atoms in total. The van der Waals surface area contributed by atoms with E-state index in [0.29, 0.717) is 19.5 Å². The number of amides is 1. The number of hydrogen-bond acceptors (Lipinski definition) is 4. The fourth-order valence-electron chi connectivity index (χ4n) is 3.32. The molecule has 1 aromatic carbocycles. The number of carbonyl (C=O) groups excluding carboxylic acids is 3. The number of likely N-dealkylation sites (N-methyl/N-ethyl adjacent to an activating group) is 1. The zero-order valence-electron chi connectivity index (χ0n) is 12.8. The van der Waals surface area contributed by atoms with Gasteiger partial charge in [0.2, 0.25) is 0 Å². The van der Waals surface area contributed by atoms with E-state index in [0.717, 1.165) is 18.4 Å². The molecule has 2 unspecified atom stereocenters. The van der Waals surface area contributed by atoms with Crippen LogP contribution in [0.1, 0.15) is 31.7 Å². The van der Waals surface area contributed by atoms with Gasteiger partial charge in [-0.25, -0.2) is 9.28 Å². The summed E-state index contributed by atoms with van der Waals surface area (Å²) in [5.74, 6) is -2.36. The molecule has 1 amide bonds. The second-order valence-corrected chi connectivity index (χ2v) is 5.80. The van der Waals surface area contributed by atoms with E-state index < -0.39 is 23.7 Å².